The number of hydrogen-bond donors (Lipinski definition) is 3. The number of primary amides is 1. The van der Waals surface area contributed by atoms with Crippen molar-refractivity contribution >= 4 is 44.8 Å². The number of halogens is 1. The molecule has 30 heavy (non-hydrogen) atoms. The van der Waals surface area contributed by atoms with Gasteiger partial charge in [0.15, 0.2) is 11.6 Å². The van der Waals surface area contributed by atoms with Crippen LogP contribution in [-0.2, 0) is 4.74 Å². The Balaban J connectivity index is 1.74. The topological polar surface area (TPSA) is 105 Å². The quantitative estimate of drug-likeness (QED) is 0.552. The molecule has 1 aliphatic rings. The molecule has 4 N–H and O–H groups in total. The van der Waals surface area contributed by atoms with Gasteiger partial charge in [0.05, 0.1) is 39.6 Å². The van der Waals surface area contributed by atoms with E-state index in [1.54, 1.807) is 17.5 Å². The summed E-state index contributed by atoms with van der Waals surface area (Å²) in [5, 5.41) is 6.37. The molecule has 1 fully saturated rings. The van der Waals surface area contributed by atoms with Crippen LogP contribution < -0.4 is 21.3 Å². The average molecular weight is 431 g/mol. The minimum atomic E-state index is -0.756. The number of carbonyl (C=O) groups excluding carboxylic acids is 1. The molecule has 158 valence electrons. The Labute approximate surface area is 177 Å². The summed E-state index contributed by atoms with van der Waals surface area (Å²) in [7, 11) is 3.65. The zero-order chi connectivity index (χ0) is 21.3. The summed E-state index contributed by atoms with van der Waals surface area (Å²) in [6, 6.07) is 6.77. The van der Waals surface area contributed by atoms with Gasteiger partial charge in [0, 0.05) is 19.7 Å². The van der Waals surface area contributed by atoms with Gasteiger partial charge in [-0.15, -0.1) is 11.3 Å². The first kappa shape index (κ1) is 20.5. The lowest BCUT2D eigenvalue weighted by Gasteiger charge is -2.38. The van der Waals surface area contributed by atoms with Gasteiger partial charge in [0.2, 0.25) is 0 Å². The number of thiazole rings is 1. The molecule has 10 heteroatoms. The fraction of sp³-hybridized carbons (Fsp3) is 0.350. The van der Waals surface area contributed by atoms with Crippen LogP contribution in [0.25, 0.3) is 10.2 Å². The Kier molecular flexibility index (Phi) is 5.80. The van der Waals surface area contributed by atoms with Crippen molar-refractivity contribution in [2.24, 2.45) is 5.73 Å². The molecule has 4 rings (SSSR count). The number of amides is 1. The number of aromatic nitrogens is 2. The molecule has 0 saturated carbocycles. The van der Waals surface area contributed by atoms with Gasteiger partial charge in [0.1, 0.15) is 5.82 Å². The Morgan fingerprint density at radius 2 is 2.27 bits per heavy atom. The molecule has 1 aromatic carbocycles. The van der Waals surface area contributed by atoms with E-state index in [-0.39, 0.29) is 29.3 Å². The van der Waals surface area contributed by atoms with Crippen LogP contribution in [0.5, 0.6) is 0 Å². The number of carbonyl (C=O) groups is 1. The SMILES string of the molecule is CNC1COCCC1N(C)c1nc(Nc2cccc3ncsc23)c(C(N)=O)cc1F. The maximum Gasteiger partial charge on any atom is 0.252 e. The van der Waals surface area contributed by atoms with Crippen molar-refractivity contribution in [3.63, 3.8) is 0 Å². The molecule has 0 bridgehead atoms. The number of hydrogen-bond acceptors (Lipinski definition) is 8. The summed E-state index contributed by atoms with van der Waals surface area (Å²) in [5.41, 5.74) is 8.79. The lowest BCUT2D eigenvalue weighted by molar-refractivity contribution is 0.0600. The van der Waals surface area contributed by atoms with Crippen LogP contribution in [0, 0.1) is 5.82 Å². The number of anilines is 3. The molecule has 2 unspecified atom stereocenters. The molecule has 2 atom stereocenters. The average Bonchev–Trinajstić information content (AvgIpc) is 3.24. The third kappa shape index (κ3) is 3.81. The third-order valence-electron chi connectivity index (χ3n) is 5.35. The van der Waals surface area contributed by atoms with Crippen molar-refractivity contribution in [2.75, 3.05) is 37.5 Å². The summed E-state index contributed by atoms with van der Waals surface area (Å²) >= 11 is 1.46. The van der Waals surface area contributed by atoms with Crippen LogP contribution in [0.2, 0.25) is 0 Å². The number of rotatable bonds is 6. The van der Waals surface area contributed by atoms with Crippen molar-refractivity contribution in [3.8, 4) is 0 Å². The van der Waals surface area contributed by atoms with Gasteiger partial charge < -0.3 is 26.0 Å². The van der Waals surface area contributed by atoms with Crippen LogP contribution in [0.4, 0.5) is 21.7 Å². The Hall–Kier alpha value is -2.82. The lowest BCUT2D eigenvalue weighted by atomic mass is 10.0. The molecule has 0 spiro atoms. The summed E-state index contributed by atoms with van der Waals surface area (Å²) in [4.78, 5) is 22.6. The normalized spacial score (nSPS) is 19.0. The summed E-state index contributed by atoms with van der Waals surface area (Å²) in [6.07, 6.45) is 0.726. The summed E-state index contributed by atoms with van der Waals surface area (Å²) in [6.45, 7) is 1.12. The maximum atomic E-state index is 15.0. The minimum absolute atomic E-state index is 0.0108. The smallest absolute Gasteiger partial charge is 0.252 e. The van der Waals surface area contributed by atoms with Gasteiger partial charge in [-0.3, -0.25) is 4.79 Å². The van der Waals surface area contributed by atoms with E-state index >= 15 is 0 Å². The monoisotopic (exact) mass is 430 g/mol. The molecule has 3 aromatic rings. The van der Waals surface area contributed by atoms with E-state index in [1.807, 2.05) is 25.2 Å². The Morgan fingerprint density at radius 1 is 1.43 bits per heavy atom. The van der Waals surface area contributed by atoms with E-state index in [0.717, 1.165) is 28.4 Å². The standard InChI is InChI=1S/C20H23FN6O2S/c1-23-15-9-29-7-6-16(15)27(2)20-12(21)8-11(18(22)28)19(26-20)25-14-5-3-4-13-17(14)30-10-24-13/h3-5,8,10,15-16,23H,6-7,9H2,1-2H3,(H2,22,28)(H,25,26). The second kappa shape index (κ2) is 8.50. The fourth-order valence-electron chi connectivity index (χ4n) is 3.74. The van der Waals surface area contributed by atoms with Gasteiger partial charge in [0.25, 0.3) is 5.91 Å². The Bertz CT molecular complexity index is 1070. The molecule has 1 amide bonds. The highest BCUT2D eigenvalue weighted by Gasteiger charge is 2.31. The van der Waals surface area contributed by atoms with E-state index in [9.17, 15) is 9.18 Å². The van der Waals surface area contributed by atoms with Gasteiger partial charge in [-0.05, 0) is 31.7 Å². The third-order valence-corrected chi connectivity index (χ3v) is 6.23. The zero-order valence-electron chi connectivity index (χ0n) is 16.7. The number of nitrogens with zero attached hydrogens (tertiary/aromatic N) is 3. The Morgan fingerprint density at radius 3 is 3.03 bits per heavy atom. The molecule has 3 heterocycles. The molecule has 8 nitrogen and oxygen atoms in total. The highest BCUT2D eigenvalue weighted by molar-refractivity contribution is 7.17. The minimum Gasteiger partial charge on any atom is -0.380 e. The molecule has 0 radical (unpaired) electrons. The van der Waals surface area contributed by atoms with Crippen molar-refractivity contribution in [2.45, 2.75) is 18.5 Å². The van der Waals surface area contributed by atoms with E-state index in [2.05, 4.69) is 20.6 Å². The van der Waals surface area contributed by atoms with Gasteiger partial charge in [-0.1, -0.05) is 6.07 Å². The van der Waals surface area contributed by atoms with Crippen LogP contribution in [0.3, 0.4) is 0 Å². The van der Waals surface area contributed by atoms with Gasteiger partial charge in [-0.25, -0.2) is 14.4 Å². The first-order valence-corrected chi connectivity index (χ1v) is 10.4. The number of nitrogens with two attached hydrogens (primary N) is 1. The molecule has 1 saturated heterocycles. The highest BCUT2D eigenvalue weighted by atomic mass is 32.1. The largest absolute Gasteiger partial charge is 0.380 e. The highest BCUT2D eigenvalue weighted by Crippen LogP contribution is 2.32. The number of pyridine rings is 1. The maximum absolute atomic E-state index is 15.0. The number of fused-ring (bicyclic) bond motifs is 1. The number of likely N-dealkylation sites (N-methyl/N-ethyl adjacent to an activating group) is 2. The van der Waals surface area contributed by atoms with E-state index in [4.69, 9.17) is 10.5 Å². The van der Waals surface area contributed by atoms with Crippen molar-refractivity contribution in [1.82, 2.24) is 15.3 Å². The van der Waals surface area contributed by atoms with Crippen LogP contribution in [0.1, 0.15) is 16.8 Å². The molecular formula is C20H23FN6O2S. The van der Waals surface area contributed by atoms with E-state index < -0.39 is 11.7 Å². The van der Waals surface area contributed by atoms with E-state index in [1.165, 1.54) is 11.3 Å². The second-order valence-corrected chi connectivity index (χ2v) is 7.98. The number of benzene rings is 1. The number of ether oxygens (including phenoxy) is 1. The van der Waals surface area contributed by atoms with Crippen LogP contribution >= 0.6 is 11.3 Å². The van der Waals surface area contributed by atoms with Crippen molar-refractivity contribution in [3.05, 3.63) is 41.2 Å². The number of nitrogens with one attached hydrogen (secondary N) is 2. The summed E-state index contributed by atoms with van der Waals surface area (Å²) in [5.74, 6) is -1.01. The first-order valence-electron chi connectivity index (χ1n) is 9.57. The fourth-order valence-corrected chi connectivity index (χ4v) is 4.50. The van der Waals surface area contributed by atoms with E-state index in [0.29, 0.717) is 13.2 Å². The lowest BCUT2D eigenvalue weighted by Crippen LogP contribution is -2.53. The molecule has 0 aliphatic carbocycles. The van der Waals surface area contributed by atoms with Crippen molar-refractivity contribution in [1.29, 1.82) is 0 Å². The predicted molar refractivity (Wildman–Crippen MR) is 116 cm³/mol. The zero-order valence-corrected chi connectivity index (χ0v) is 17.5. The predicted octanol–water partition coefficient (Wildman–Crippen LogP) is 2.49. The molecule has 1 aliphatic heterocycles. The van der Waals surface area contributed by atoms with Gasteiger partial charge in [-0.2, -0.15) is 0 Å². The van der Waals surface area contributed by atoms with Crippen molar-refractivity contribution < 1.29 is 13.9 Å². The first-order chi connectivity index (χ1) is 14.5. The second-order valence-electron chi connectivity index (χ2n) is 7.12. The summed E-state index contributed by atoms with van der Waals surface area (Å²) < 4.78 is 21.4. The molecular weight excluding hydrogens is 407 g/mol. The molecule has 2 aromatic heterocycles. The van der Waals surface area contributed by atoms with Gasteiger partial charge >= 0.3 is 0 Å². The van der Waals surface area contributed by atoms with Crippen LogP contribution in [0.15, 0.2) is 29.8 Å². The van der Waals surface area contributed by atoms with Crippen LogP contribution in [-0.4, -0.2) is 55.3 Å².